The van der Waals surface area contributed by atoms with Crippen LogP contribution in [0.2, 0.25) is 0 Å². The summed E-state index contributed by atoms with van der Waals surface area (Å²) in [6, 6.07) is 22.5. The van der Waals surface area contributed by atoms with E-state index >= 15 is 0 Å². The van der Waals surface area contributed by atoms with Gasteiger partial charge in [0, 0.05) is 36.6 Å². The van der Waals surface area contributed by atoms with Crippen molar-refractivity contribution in [1.82, 2.24) is 19.4 Å². The Kier molecular flexibility index (Phi) is 15.8. The van der Waals surface area contributed by atoms with Crippen LogP contribution in [0.5, 0.6) is 0 Å². The van der Waals surface area contributed by atoms with Gasteiger partial charge in [-0.2, -0.15) is 10.5 Å². The quantitative estimate of drug-likeness (QED) is 0.162. The molecule has 3 aliphatic rings. The topological polar surface area (TPSA) is 259 Å². The fourth-order valence-electron chi connectivity index (χ4n) is 7.21. The number of benzene rings is 2. The minimum atomic E-state index is -3.83. The number of ether oxygens (including phenoxy) is 2. The van der Waals surface area contributed by atoms with E-state index in [1.54, 1.807) is 80.3 Å². The van der Waals surface area contributed by atoms with Crippen molar-refractivity contribution in [1.29, 1.82) is 10.5 Å². The molecule has 1 aliphatic carbocycles. The summed E-state index contributed by atoms with van der Waals surface area (Å²) in [5.41, 5.74) is 2.98. The molecule has 0 spiro atoms. The van der Waals surface area contributed by atoms with E-state index in [4.69, 9.17) is 9.47 Å². The number of aromatic nitrogens is 2. The van der Waals surface area contributed by atoms with Crippen LogP contribution in [0.15, 0.2) is 71.2 Å². The molecule has 0 unspecified atom stereocenters. The Morgan fingerprint density at radius 2 is 1.23 bits per heavy atom. The lowest BCUT2D eigenvalue weighted by atomic mass is 9.96. The average Bonchev–Trinajstić information content (AvgIpc) is 4.07. The van der Waals surface area contributed by atoms with Gasteiger partial charge in [0.1, 0.15) is 29.9 Å². The number of carbonyl (C=O) groups excluding carboxylic acids is 4. The van der Waals surface area contributed by atoms with Gasteiger partial charge in [-0.15, -0.1) is 0 Å². The normalized spacial score (nSPS) is 15.2. The van der Waals surface area contributed by atoms with Crippen LogP contribution in [0.3, 0.4) is 0 Å². The Morgan fingerprint density at radius 3 is 1.76 bits per heavy atom. The Labute approximate surface area is 391 Å². The number of piperidine rings is 1. The Balaban J connectivity index is 0.000000219. The maximum atomic E-state index is 12.6. The SMILES string of the molecule is CCOC(=O)c1cc(C#N)c(N2CCC(C(=O)NS(=O)(=O)Cc3cccc(Br)c3)CC2)nc1C.Cc1nc(N2CC(C(=O)NS(=O)(=O)Cc3ccccc3)C2)c(C#N)cc1C(=O)OC1CC1. The first kappa shape index (κ1) is 49.0. The average molecular weight is 1000 g/mol. The third kappa shape index (κ3) is 12.9. The second-order valence-corrected chi connectivity index (χ2v) is 20.3. The number of rotatable bonds is 14. The first-order valence-corrected chi connectivity index (χ1v) is 25.1. The number of nitrogens with zero attached hydrogens (tertiary/aromatic N) is 6. The van der Waals surface area contributed by atoms with Crippen LogP contribution in [0.4, 0.5) is 11.6 Å². The summed E-state index contributed by atoms with van der Waals surface area (Å²) < 4.78 is 64.9. The summed E-state index contributed by atoms with van der Waals surface area (Å²) in [4.78, 5) is 61.9. The van der Waals surface area contributed by atoms with Gasteiger partial charge in [-0.3, -0.25) is 19.0 Å². The van der Waals surface area contributed by atoms with Crippen LogP contribution in [0.1, 0.15) is 87.0 Å². The van der Waals surface area contributed by atoms with E-state index in [0.717, 1.165) is 17.3 Å². The van der Waals surface area contributed by atoms with Gasteiger partial charge in [-0.05, 0) is 81.8 Å². The third-order valence-electron chi connectivity index (χ3n) is 10.8. The Bertz CT molecular complexity index is 2820. The summed E-state index contributed by atoms with van der Waals surface area (Å²) in [5.74, 6) is -2.94. The van der Waals surface area contributed by atoms with Gasteiger partial charge >= 0.3 is 11.9 Å². The fraction of sp³-hybridized carbons (Fsp3) is 0.378. The third-order valence-corrected chi connectivity index (χ3v) is 13.8. The molecule has 4 heterocycles. The van der Waals surface area contributed by atoms with Crippen molar-refractivity contribution in [3.05, 3.63) is 116 Å². The second-order valence-electron chi connectivity index (χ2n) is 16.0. The summed E-state index contributed by atoms with van der Waals surface area (Å²) >= 11 is 3.31. The van der Waals surface area contributed by atoms with E-state index in [9.17, 15) is 46.5 Å². The highest BCUT2D eigenvalue weighted by Gasteiger charge is 2.37. The minimum Gasteiger partial charge on any atom is -0.462 e. The van der Waals surface area contributed by atoms with Gasteiger partial charge in [0.05, 0.1) is 57.7 Å². The lowest BCUT2D eigenvalue weighted by Gasteiger charge is -2.39. The van der Waals surface area contributed by atoms with Crippen LogP contribution in [0.25, 0.3) is 0 Å². The van der Waals surface area contributed by atoms with Gasteiger partial charge in [0.15, 0.2) is 0 Å². The van der Waals surface area contributed by atoms with E-state index < -0.39 is 55.6 Å². The highest BCUT2D eigenvalue weighted by atomic mass is 79.9. The van der Waals surface area contributed by atoms with Crippen LogP contribution < -0.4 is 19.2 Å². The number of nitrogens with one attached hydrogen (secondary N) is 2. The zero-order chi connectivity index (χ0) is 47.8. The maximum absolute atomic E-state index is 12.6. The summed E-state index contributed by atoms with van der Waals surface area (Å²) in [7, 11) is -7.65. The number of amides is 2. The smallest absolute Gasteiger partial charge is 0.340 e. The molecule has 2 aromatic carbocycles. The molecule has 346 valence electrons. The van der Waals surface area contributed by atoms with Crippen LogP contribution in [-0.4, -0.2) is 89.4 Å². The monoisotopic (exact) mass is 1000 g/mol. The highest BCUT2D eigenvalue weighted by molar-refractivity contribution is 9.10. The van der Waals surface area contributed by atoms with Crippen molar-refractivity contribution in [2.45, 2.75) is 64.1 Å². The molecule has 4 aromatic rings. The van der Waals surface area contributed by atoms with Gasteiger partial charge in [-0.1, -0.05) is 58.4 Å². The summed E-state index contributed by atoms with van der Waals surface area (Å²) in [5, 5.41) is 19.1. The van der Waals surface area contributed by atoms with Gasteiger partial charge in [0.25, 0.3) is 0 Å². The molecule has 2 amide bonds. The number of aryl methyl sites for hydroxylation is 2. The zero-order valence-electron chi connectivity index (χ0n) is 36.3. The predicted octanol–water partition coefficient (Wildman–Crippen LogP) is 4.73. The molecular weight excluding hydrogens is 957 g/mol. The van der Waals surface area contributed by atoms with E-state index in [0.29, 0.717) is 60.1 Å². The Morgan fingerprint density at radius 1 is 0.712 bits per heavy atom. The number of anilines is 2. The molecule has 2 N–H and O–H groups in total. The molecule has 2 aromatic heterocycles. The highest BCUT2D eigenvalue weighted by Crippen LogP contribution is 2.31. The molecule has 21 heteroatoms. The number of nitriles is 2. The number of esters is 2. The first-order chi connectivity index (χ1) is 31.4. The standard InChI is InChI=1S/C23H25BrN4O5S.C22H22N4O5S/c1-3-33-23(30)20-12-18(13-25)21(26-15(20)2)28-9-7-17(8-10-28)22(29)27-34(31,32)14-16-5-4-6-19(24)11-16;1-14-19(22(28)31-18-7-8-18)9-16(10-23)20(24-14)26-11-17(12-26)21(27)25-32(29,30)13-15-5-3-2-4-6-15/h4-6,11-12,17H,3,7-10,14H2,1-2H3,(H,27,29);2-6,9,17-18H,7-8,11-13H2,1H3,(H,25,27). The molecule has 2 aliphatic heterocycles. The number of halogens is 1. The van der Waals surface area contributed by atoms with E-state index in [-0.39, 0.29) is 59.6 Å². The molecule has 3 fully saturated rings. The molecule has 66 heavy (non-hydrogen) atoms. The van der Waals surface area contributed by atoms with Crippen molar-refractivity contribution in [3.63, 3.8) is 0 Å². The van der Waals surface area contributed by atoms with E-state index in [1.807, 2.05) is 11.0 Å². The van der Waals surface area contributed by atoms with Crippen molar-refractivity contribution >= 4 is 71.4 Å². The minimum absolute atomic E-state index is 0.0556. The van der Waals surface area contributed by atoms with Crippen LogP contribution in [0, 0.1) is 48.3 Å². The number of hydrogen-bond acceptors (Lipinski definition) is 16. The maximum Gasteiger partial charge on any atom is 0.340 e. The van der Waals surface area contributed by atoms with E-state index in [1.165, 1.54) is 12.1 Å². The van der Waals surface area contributed by atoms with Crippen molar-refractivity contribution in [3.8, 4) is 12.1 Å². The lowest BCUT2D eigenvalue weighted by molar-refractivity contribution is -0.124. The second kappa shape index (κ2) is 21.3. The zero-order valence-corrected chi connectivity index (χ0v) is 39.5. The number of carbonyl (C=O) groups is 4. The lowest BCUT2D eigenvalue weighted by Crippen LogP contribution is -2.55. The summed E-state index contributed by atoms with van der Waals surface area (Å²) in [6.45, 7) is 6.54. The molecule has 0 radical (unpaired) electrons. The summed E-state index contributed by atoms with van der Waals surface area (Å²) in [6.07, 6.45) is 2.45. The molecule has 1 saturated carbocycles. The Hall–Kier alpha value is -6.42. The molecule has 7 rings (SSSR count). The number of pyridine rings is 2. The molecule has 18 nitrogen and oxygen atoms in total. The van der Waals surface area contributed by atoms with Crippen LogP contribution >= 0.6 is 15.9 Å². The molecular formula is C45H47BrN8O10S2. The van der Waals surface area contributed by atoms with Crippen molar-refractivity contribution < 1.29 is 45.5 Å². The van der Waals surface area contributed by atoms with Crippen molar-refractivity contribution in [2.75, 3.05) is 42.6 Å². The fourth-order valence-corrected chi connectivity index (χ4v) is 10.00. The predicted molar refractivity (Wildman–Crippen MR) is 245 cm³/mol. The largest absolute Gasteiger partial charge is 0.462 e. The molecule has 0 atom stereocenters. The van der Waals surface area contributed by atoms with Gasteiger partial charge < -0.3 is 19.3 Å². The van der Waals surface area contributed by atoms with Crippen LogP contribution in [-0.2, 0) is 50.6 Å². The number of sulfonamides is 2. The number of hydrogen-bond donors (Lipinski definition) is 2. The van der Waals surface area contributed by atoms with E-state index in [2.05, 4.69) is 41.4 Å². The molecule has 0 bridgehead atoms. The molecule has 2 saturated heterocycles. The van der Waals surface area contributed by atoms with Crippen molar-refractivity contribution in [2.24, 2.45) is 11.8 Å². The first-order valence-electron chi connectivity index (χ1n) is 21.0. The van der Waals surface area contributed by atoms with Gasteiger partial charge in [0.2, 0.25) is 31.9 Å². The van der Waals surface area contributed by atoms with Gasteiger partial charge in [-0.25, -0.2) is 36.4 Å².